The molecule has 0 amide bonds. The van der Waals surface area contributed by atoms with Crippen LogP contribution in [0.1, 0.15) is 32.2 Å². The van der Waals surface area contributed by atoms with Crippen LogP contribution in [0, 0.1) is 11.3 Å². The molecule has 14 heavy (non-hydrogen) atoms. The SMILES string of the molecule is C=C(C)C(C)(C)c1cccc(C#N)n1. The fourth-order valence-corrected chi connectivity index (χ4v) is 1.06. The molecule has 0 bridgehead atoms. The van der Waals surface area contributed by atoms with Crippen LogP contribution in [0.4, 0.5) is 0 Å². The zero-order valence-electron chi connectivity index (χ0n) is 8.83. The molecule has 0 N–H and O–H groups in total. The van der Waals surface area contributed by atoms with Gasteiger partial charge in [-0.2, -0.15) is 5.26 Å². The normalized spacial score (nSPS) is 10.7. The lowest BCUT2D eigenvalue weighted by molar-refractivity contribution is 0.602. The van der Waals surface area contributed by atoms with Crippen LogP contribution in [0.25, 0.3) is 0 Å². The molecule has 1 aromatic rings. The summed E-state index contributed by atoms with van der Waals surface area (Å²) in [5.41, 5.74) is 2.22. The molecule has 0 unspecified atom stereocenters. The van der Waals surface area contributed by atoms with Gasteiger partial charge in [-0.3, -0.25) is 0 Å². The summed E-state index contributed by atoms with van der Waals surface area (Å²) in [6, 6.07) is 7.52. The number of pyridine rings is 1. The van der Waals surface area contributed by atoms with Gasteiger partial charge in [0.1, 0.15) is 11.8 Å². The third kappa shape index (κ3) is 1.82. The van der Waals surface area contributed by atoms with E-state index in [0.717, 1.165) is 11.3 Å². The van der Waals surface area contributed by atoms with Gasteiger partial charge in [-0.25, -0.2) is 4.98 Å². The van der Waals surface area contributed by atoms with Crippen molar-refractivity contribution in [2.75, 3.05) is 0 Å². The number of allylic oxidation sites excluding steroid dienone is 1. The first-order chi connectivity index (χ1) is 6.48. The molecule has 2 nitrogen and oxygen atoms in total. The van der Waals surface area contributed by atoms with Gasteiger partial charge in [-0.1, -0.05) is 32.1 Å². The molecule has 72 valence electrons. The topological polar surface area (TPSA) is 36.7 Å². The van der Waals surface area contributed by atoms with Crippen LogP contribution < -0.4 is 0 Å². The highest BCUT2D eigenvalue weighted by molar-refractivity contribution is 5.30. The Balaban J connectivity index is 3.21. The minimum absolute atomic E-state index is 0.174. The minimum Gasteiger partial charge on any atom is -0.241 e. The molecular weight excluding hydrogens is 172 g/mol. The highest BCUT2D eigenvalue weighted by Gasteiger charge is 2.22. The molecule has 0 aliphatic rings. The molecule has 0 aliphatic carbocycles. The maximum atomic E-state index is 8.73. The Labute approximate surface area is 84.9 Å². The summed E-state index contributed by atoms with van der Waals surface area (Å²) >= 11 is 0. The van der Waals surface area contributed by atoms with Gasteiger partial charge in [-0.15, -0.1) is 0 Å². The lowest BCUT2D eigenvalue weighted by atomic mass is 9.82. The first-order valence-corrected chi connectivity index (χ1v) is 4.52. The molecular formula is C12H14N2. The number of aromatic nitrogens is 1. The average molecular weight is 186 g/mol. The van der Waals surface area contributed by atoms with Crippen molar-refractivity contribution in [3.05, 3.63) is 41.7 Å². The zero-order chi connectivity index (χ0) is 10.8. The zero-order valence-corrected chi connectivity index (χ0v) is 8.83. The smallest absolute Gasteiger partial charge is 0.140 e. The van der Waals surface area contributed by atoms with E-state index >= 15 is 0 Å². The van der Waals surface area contributed by atoms with E-state index in [1.165, 1.54) is 0 Å². The molecule has 0 aromatic carbocycles. The Morgan fingerprint density at radius 2 is 2.14 bits per heavy atom. The van der Waals surface area contributed by atoms with E-state index < -0.39 is 0 Å². The van der Waals surface area contributed by atoms with Crippen LogP contribution in [-0.2, 0) is 5.41 Å². The van der Waals surface area contributed by atoms with E-state index in [0.29, 0.717) is 5.69 Å². The summed E-state index contributed by atoms with van der Waals surface area (Å²) in [4.78, 5) is 4.26. The molecule has 1 aromatic heterocycles. The van der Waals surface area contributed by atoms with Gasteiger partial charge in [0.2, 0.25) is 0 Å². The van der Waals surface area contributed by atoms with Crippen molar-refractivity contribution in [2.45, 2.75) is 26.2 Å². The highest BCUT2D eigenvalue weighted by Crippen LogP contribution is 2.28. The van der Waals surface area contributed by atoms with Crippen molar-refractivity contribution < 1.29 is 0 Å². The summed E-state index contributed by atoms with van der Waals surface area (Å²) < 4.78 is 0. The summed E-state index contributed by atoms with van der Waals surface area (Å²) in [5.74, 6) is 0. The molecule has 0 saturated carbocycles. The van der Waals surface area contributed by atoms with Crippen LogP contribution in [0.5, 0.6) is 0 Å². The largest absolute Gasteiger partial charge is 0.241 e. The van der Waals surface area contributed by atoms with Crippen LogP contribution in [0.3, 0.4) is 0 Å². The molecule has 1 rings (SSSR count). The predicted octanol–water partition coefficient (Wildman–Crippen LogP) is 2.81. The summed E-state index contributed by atoms with van der Waals surface area (Å²) in [6.07, 6.45) is 0. The monoisotopic (exact) mass is 186 g/mol. The predicted molar refractivity (Wildman–Crippen MR) is 56.8 cm³/mol. The Hall–Kier alpha value is -1.62. The maximum Gasteiger partial charge on any atom is 0.140 e. The Morgan fingerprint density at radius 1 is 1.50 bits per heavy atom. The van der Waals surface area contributed by atoms with Crippen LogP contribution >= 0.6 is 0 Å². The second-order valence-electron chi connectivity index (χ2n) is 3.93. The van der Waals surface area contributed by atoms with Crippen molar-refractivity contribution in [2.24, 2.45) is 0 Å². The molecule has 0 spiro atoms. The lowest BCUT2D eigenvalue weighted by Gasteiger charge is -2.24. The van der Waals surface area contributed by atoms with Gasteiger partial charge in [0, 0.05) is 5.41 Å². The quantitative estimate of drug-likeness (QED) is 0.666. The minimum atomic E-state index is -0.174. The number of hydrogen-bond donors (Lipinski definition) is 0. The Bertz CT molecular complexity index is 397. The van der Waals surface area contributed by atoms with E-state index in [9.17, 15) is 0 Å². The molecule has 0 radical (unpaired) electrons. The molecule has 1 heterocycles. The average Bonchev–Trinajstić information content (AvgIpc) is 2.17. The van der Waals surface area contributed by atoms with E-state index in [4.69, 9.17) is 5.26 Å². The number of rotatable bonds is 2. The summed E-state index contributed by atoms with van der Waals surface area (Å²) in [5, 5.41) is 8.73. The maximum absolute atomic E-state index is 8.73. The van der Waals surface area contributed by atoms with Crippen LogP contribution in [0.15, 0.2) is 30.4 Å². The van der Waals surface area contributed by atoms with E-state index in [2.05, 4.69) is 25.4 Å². The fourth-order valence-electron chi connectivity index (χ4n) is 1.06. The number of nitrogens with zero attached hydrogens (tertiary/aromatic N) is 2. The van der Waals surface area contributed by atoms with E-state index in [1.54, 1.807) is 6.07 Å². The molecule has 2 heteroatoms. The van der Waals surface area contributed by atoms with Gasteiger partial charge in [0.05, 0.1) is 5.69 Å². The Kier molecular flexibility index (Phi) is 2.71. The molecule has 0 atom stereocenters. The standard InChI is InChI=1S/C12H14N2/c1-9(2)12(3,4)11-7-5-6-10(8-13)14-11/h5-7H,1H2,2-4H3. The van der Waals surface area contributed by atoms with Gasteiger partial charge >= 0.3 is 0 Å². The van der Waals surface area contributed by atoms with E-state index in [1.807, 2.05) is 25.1 Å². The van der Waals surface area contributed by atoms with Crippen LogP contribution in [-0.4, -0.2) is 4.98 Å². The van der Waals surface area contributed by atoms with Gasteiger partial charge < -0.3 is 0 Å². The molecule has 0 aliphatic heterocycles. The van der Waals surface area contributed by atoms with Crippen molar-refractivity contribution in [1.29, 1.82) is 5.26 Å². The second-order valence-corrected chi connectivity index (χ2v) is 3.93. The molecule has 0 saturated heterocycles. The lowest BCUT2D eigenvalue weighted by Crippen LogP contribution is -2.20. The first-order valence-electron chi connectivity index (χ1n) is 4.52. The van der Waals surface area contributed by atoms with Crippen LogP contribution in [0.2, 0.25) is 0 Å². The van der Waals surface area contributed by atoms with E-state index in [-0.39, 0.29) is 5.41 Å². The van der Waals surface area contributed by atoms with Gasteiger partial charge in [0.15, 0.2) is 0 Å². The summed E-state index contributed by atoms with van der Waals surface area (Å²) in [7, 11) is 0. The van der Waals surface area contributed by atoms with Gasteiger partial charge in [0.25, 0.3) is 0 Å². The third-order valence-electron chi connectivity index (χ3n) is 2.57. The molecule has 0 fully saturated rings. The summed E-state index contributed by atoms with van der Waals surface area (Å²) in [6.45, 7) is 10.0. The van der Waals surface area contributed by atoms with Crippen molar-refractivity contribution in [3.63, 3.8) is 0 Å². The van der Waals surface area contributed by atoms with Crippen molar-refractivity contribution in [3.8, 4) is 6.07 Å². The number of hydrogen-bond acceptors (Lipinski definition) is 2. The Morgan fingerprint density at radius 3 is 2.64 bits per heavy atom. The first kappa shape index (κ1) is 10.5. The fraction of sp³-hybridized carbons (Fsp3) is 0.333. The second kappa shape index (κ2) is 3.63. The number of nitriles is 1. The highest BCUT2D eigenvalue weighted by atomic mass is 14.7. The van der Waals surface area contributed by atoms with Crippen molar-refractivity contribution in [1.82, 2.24) is 4.98 Å². The van der Waals surface area contributed by atoms with Crippen molar-refractivity contribution >= 4 is 0 Å². The van der Waals surface area contributed by atoms with Gasteiger partial charge in [-0.05, 0) is 19.1 Å². The third-order valence-corrected chi connectivity index (χ3v) is 2.57.